The summed E-state index contributed by atoms with van der Waals surface area (Å²) in [4.78, 5) is 12.5. The van der Waals surface area contributed by atoms with Gasteiger partial charge < -0.3 is 5.32 Å². The molecular weight excluding hydrogens is 222 g/mol. The Labute approximate surface area is 114 Å². The van der Waals surface area contributed by atoms with E-state index in [0.29, 0.717) is 11.7 Å². The summed E-state index contributed by atoms with van der Waals surface area (Å²) in [6, 6.07) is -0.0695. The molecule has 0 saturated heterocycles. The van der Waals surface area contributed by atoms with Gasteiger partial charge in [-0.25, -0.2) is 0 Å². The van der Waals surface area contributed by atoms with E-state index >= 15 is 0 Å². The van der Waals surface area contributed by atoms with Crippen LogP contribution in [0.3, 0.4) is 0 Å². The Morgan fingerprint density at radius 1 is 1.00 bits per heavy atom. The van der Waals surface area contributed by atoms with Gasteiger partial charge in [0, 0.05) is 11.5 Å². The molecule has 0 heterocycles. The Kier molecular flexibility index (Phi) is 6.06. The molecule has 0 spiro atoms. The van der Waals surface area contributed by atoms with Gasteiger partial charge in [-0.3, -0.25) is 4.79 Å². The summed E-state index contributed by atoms with van der Waals surface area (Å²) in [5, 5.41) is 3.53. The highest BCUT2D eigenvalue weighted by atomic mass is 16.1. The molecule has 1 N–H and O–H groups in total. The lowest BCUT2D eigenvalue weighted by Crippen LogP contribution is -2.56. The molecule has 2 heteroatoms. The number of hydrogen-bond donors (Lipinski definition) is 1. The fourth-order valence-electron chi connectivity index (χ4n) is 2.59. The molecule has 0 fully saturated rings. The number of carbonyl (C=O) groups excluding carboxylic acids is 1. The first-order valence-corrected chi connectivity index (χ1v) is 7.18. The monoisotopic (exact) mass is 255 g/mol. The van der Waals surface area contributed by atoms with Gasteiger partial charge in [-0.05, 0) is 38.5 Å². The van der Waals surface area contributed by atoms with E-state index in [1.807, 2.05) is 13.8 Å². The zero-order chi connectivity index (χ0) is 14.7. The van der Waals surface area contributed by atoms with Crippen molar-refractivity contribution in [2.24, 2.45) is 17.3 Å². The average Bonchev–Trinajstić information content (AvgIpc) is 2.09. The summed E-state index contributed by atoms with van der Waals surface area (Å²) in [6.07, 6.45) is 1.05. The highest BCUT2D eigenvalue weighted by molar-refractivity contribution is 5.86. The molecule has 0 aliphatic heterocycles. The maximum atomic E-state index is 12.5. The van der Waals surface area contributed by atoms with Crippen molar-refractivity contribution >= 4 is 5.78 Å². The Morgan fingerprint density at radius 3 is 1.72 bits per heavy atom. The van der Waals surface area contributed by atoms with Crippen LogP contribution in [0.4, 0.5) is 0 Å². The average molecular weight is 255 g/mol. The molecule has 108 valence electrons. The maximum Gasteiger partial charge on any atom is 0.152 e. The standard InChI is InChI=1S/C16H33NO/c1-11(2)10-16(8,9)14(13(18)12(3)4)17-15(5,6)7/h11-12,14,17H,10H2,1-9H3. The number of rotatable bonds is 6. The van der Waals surface area contributed by atoms with Crippen LogP contribution in [-0.4, -0.2) is 17.4 Å². The van der Waals surface area contributed by atoms with Gasteiger partial charge in [0.1, 0.15) is 0 Å². The van der Waals surface area contributed by atoms with Gasteiger partial charge in [-0.1, -0.05) is 41.5 Å². The second-order valence-corrected chi connectivity index (χ2v) is 7.97. The van der Waals surface area contributed by atoms with Crippen LogP contribution in [0.15, 0.2) is 0 Å². The van der Waals surface area contributed by atoms with E-state index in [4.69, 9.17) is 0 Å². The first-order chi connectivity index (χ1) is 7.87. The predicted octanol–water partition coefficient (Wildman–Crippen LogP) is 4.04. The summed E-state index contributed by atoms with van der Waals surface area (Å²) in [6.45, 7) is 19.2. The molecule has 0 aromatic carbocycles. The first-order valence-electron chi connectivity index (χ1n) is 7.18. The van der Waals surface area contributed by atoms with E-state index in [1.165, 1.54) is 0 Å². The number of hydrogen-bond acceptors (Lipinski definition) is 2. The topological polar surface area (TPSA) is 29.1 Å². The second-order valence-electron chi connectivity index (χ2n) is 7.97. The largest absolute Gasteiger partial charge is 0.302 e. The molecule has 0 bridgehead atoms. The third kappa shape index (κ3) is 5.99. The summed E-state index contributed by atoms with van der Waals surface area (Å²) < 4.78 is 0. The van der Waals surface area contributed by atoms with Gasteiger partial charge in [0.2, 0.25) is 0 Å². The van der Waals surface area contributed by atoms with Gasteiger partial charge >= 0.3 is 0 Å². The Morgan fingerprint density at radius 2 is 1.44 bits per heavy atom. The van der Waals surface area contributed by atoms with Crippen molar-refractivity contribution in [1.29, 1.82) is 0 Å². The van der Waals surface area contributed by atoms with Crippen molar-refractivity contribution in [3.05, 3.63) is 0 Å². The molecule has 0 aromatic heterocycles. The van der Waals surface area contributed by atoms with E-state index in [2.05, 4.69) is 53.8 Å². The van der Waals surface area contributed by atoms with Crippen molar-refractivity contribution in [3.63, 3.8) is 0 Å². The van der Waals surface area contributed by atoms with E-state index in [-0.39, 0.29) is 22.9 Å². The number of nitrogens with one attached hydrogen (secondary N) is 1. The number of Topliss-reactive ketones (excluding diaryl/α,β-unsaturated/α-hetero) is 1. The van der Waals surface area contributed by atoms with Crippen LogP contribution in [0, 0.1) is 17.3 Å². The summed E-state index contributed by atoms with van der Waals surface area (Å²) in [7, 11) is 0. The third-order valence-electron chi connectivity index (χ3n) is 3.15. The fraction of sp³-hybridized carbons (Fsp3) is 0.938. The summed E-state index contributed by atoms with van der Waals surface area (Å²) >= 11 is 0. The molecule has 0 saturated carbocycles. The van der Waals surface area contributed by atoms with Crippen molar-refractivity contribution in [2.45, 2.75) is 80.3 Å². The predicted molar refractivity (Wildman–Crippen MR) is 79.8 cm³/mol. The SMILES string of the molecule is CC(C)CC(C)(C)C(NC(C)(C)C)C(=O)C(C)C. The lowest BCUT2D eigenvalue weighted by atomic mass is 9.73. The minimum absolute atomic E-state index is 0.0111. The molecule has 0 amide bonds. The van der Waals surface area contributed by atoms with Crippen molar-refractivity contribution in [3.8, 4) is 0 Å². The van der Waals surface area contributed by atoms with Crippen LogP contribution in [0.25, 0.3) is 0 Å². The normalized spacial score (nSPS) is 15.3. The molecule has 0 radical (unpaired) electrons. The van der Waals surface area contributed by atoms with E-state index in [0.717, 1.165) is 6.42 Å². The molecule has 2 nitrogen and oxygen atoms in total. The highest BCUT2D eigenvalue weighted by Gasteiger charge is 2.38. The molecule has 0 aliphatic rings. The van der Waals surface area contributed by atoms with Crippen LogP contribution in [0.1, 0.15) is 68.7 Å². The minimum atomic E-state index is -0.0695. The van der Waals surface area contributed by atoms with Gasteiger partial charge in [-0.2, -0.15) is 0 Å². The quantitative estimate of drug-likeness (QED) is 0.776. The van der Waals surface area contributed by atoms with Crippen molar-refractivity contribution < 1.29 is 4.79 Å². The molecule has 18 heavy (non-hydrogen) atoms. The number of ketones is 1. The lowest BCUT2D eigenvalue weighted by molar-refractivity contribution is -0.127. The van der Waals surface area contributed by atoms with E-state index < -0.39 is 0 Å². The van der Waals surface area contributed by atoms with E-state index in [1.54, 1.807) is 0 Å². The highest BCUT2D eigenvalue weighted by Crippen LogP contribution is 2.32. The van der Waals surface area contributed by atoms with Crippen LogP contribution < -0.4 is 5.32 Å². The zero-order valence-corrected chi connectivity index (χ0v) is 13.8. The summed E-state index contributed by atoms with van der Waals surface area (Å²) in [5.41, 5.74) is -0.0493. The molecule has 1 unspecified atom stereocenters. The van der Waals surface area contributed by atoms with Crippen molar-refractivity contribution in [1.82, 2.24) is 5.32 Å². The zero-order valence-electron chi connectivity index (χ0n) is 13.8. The lowest BCUT2D eigenvalue weighted by Gasteiger charge is -2.40. The molecular formula is C16H33NO. The van der Waals surface area contributed by atoms with Crippen LogP contribution in [0.5, 0.6) is 0 Å². The molecule has 0 aromatic rings. The molecule has 0 aliphatic carbocycles. The number of carbonyl (C=O) groups is 1. The van der Waals surface area contributed by atoms with Crippen LogP contribution in [0.2, 0.25) is 0 Å². The van der Waals surface area contributed by atoms with Gasteiger partial charge in [0.05, 0.1) is 6.04 Å². The van der Waals surface area contributed by atoms with Gasteiger partial charge in [0.25, 0.3) is 0 Å². The fourth-order valence-corrected chi connectivity index (χ4v) is 2.59. The molecule has 1 atom stereocenters. The smallest absolute Gasteiger partial charge is 0.152 e. The van der Waals surface area contributed by atoms with Crippen molar-refractivity contribution in [2.75, 3.05) is 0 Å². The maximum absolute atomic E-state index is 12.5. The van der Waals surface area contributed by atoms with Crippen LogP contribution in [-0.2, 0) is 4.79 Å². The first kappa shape index (κ1) is 17.6. The second kappa shape index (κ2) is 6.18. The van der Waals surface area contributed by atoms with E-state index in [9.17, 15) is 4.79 Å². The van der Waals surface area contributed by atoms with Crippen LogP contribution >= 0.6 is 0 Å². The Bertz CT molecular complexity index is 271. The van der Waals surface area contributed by atoms with Gasteiger partial charge in [0.15, 0.2) is 5.78 Å². The Hall–Kier alpha value is -0.370. The Balaban J connectivity index is 5.14. The van der Waals surface area contributed by atoms with Gasteiger partial charge in [-0.15, -0.1) is 0 Å². The third-order valence-corrected chi connectivity index (χ3v) is 3.15. The summed E-state index contributed by atoms with van der Waals surface area (Å²) in [5.74, 6) is 1.01. The molecule has 0 rings (SSSR count). The minimum Gasteiger partial charge on any atom is -0.302 e.